The highest BCUT2D eigenvalue weighted by atomic mass is 14.3. The molecule has 0 heterocycles. The van der Waals surface area contributed by atoms with Crippen molar-refractivity contribution in [1.82, 2.24) is 0 Å². The Morgan fingerprint density at radius 1 is 0.667 bits per heavy atom. The molecular formula is C18H29. The zero-order valence-corrected chi connectivity index (χ0v) is 13.7. The van der Waals surface area contributed by atoms with Gasteiger partial charge in [-0.2, -0.15) is 0 Å². The van der Waals surface area contributed by atoms with E-state index in [9.17, 15) is 0 Å². The van der Waals surface area contributed by atoms with Crippen molar-refractivity contribution in [3.8, 4) is 0 Å². The van der Waals surface area contributed by atoms with Crippen LogP contribution in [0.2, 0.25) is 0 Å². The zero-order valence-electron chi connectivity index (χ0n) is 13.7. The SMILES string of the molecule is CC(C)(C)c1[c]c(C(C)(C)C)c(C(C)(C)C)cc1. The second-order valence-electron chi connectivity index (χ2n) is 8.41. The molecule has 0 bridgehead atoms. The highest BCUT2D eigenvalue weighted by molar-refractivity contribution is 5.41. The summed E-state index contributed by atoms with van der Waals surface area (Å²) in [5.41, 5.74) is 4.57. The molecule has 0 saturated carbocycles. The largest absolute Gasteiger partial charge is 0.0579 e. The van der Waals surface area contributed by atoms with Gasteiger partial charge in [-0.15, -0.1) is 0 Å². The molecule has 0 atom stereocenters. The summed E-state index contributed by atoms with van der Waals surface area (Å²) in [6.07, 6.45) is 0. The maximum Gasteiger partial charge on any atom is -0.0100 e. The highest BCUT2D eigenvalue weighted by Gasteiger charge is 2.27. The van der Waals surface area contributed by atoms with E-state index in [0.29, 0.717) is 0 Å². The molecule has 0 N–H and O–H groups in total. The molecule has 0 aromatic heterocycles. The van der Waals surface area contributed by atoms with E-state index in [0.717, 1.165) is 0 Å². The molecule has 0 aliphatic carbocycles. The van der Waals surface area contributed by atoms with Gasteiger partial charge in [0.15, 0.2) is 0 Å². The predicted molar refractivity (Wildman–Crippen MR) is 81.4 cm³/mol. The Kier molecular flexibility index (Phi) is 3.74. The van der Waals surface area contributed by atoms with Crippen LogP contribution in [-0.2, 0) is 16.2 Å². The molecule has 0 aliphatic heterocycles. The lowest BCUT2D eigenvalue weighted by molar-refractivity contribution is 0.521. The number of benzene rings is 1. The standard InChI is InChI=1S/C18H29/c1-16(2,3)13-10-11-14(17(4,5)6)15(12-13)18(7,8)9/h10-11H,1-9H3. The summed E-state index contributed by atoms with van der Waals surface area (Å²) in [5.74, 6) is 0. The van der Waals surface area contributed by atoms with Crippen LogP contribution in [0.4, 0.5) is 0 Å². The first-order valence-electron chi connectivity index (χ1n) is 6.91. The van der Waals surface area contributed by atoms with Gasteiger partial charge in [0.05, 0.1) is 0 Å². The molecule has 0 unspecified atom stereocenters. The van der Waals surface area contributed by atoms with E-state index in [1.165, 1.54) is 16.7 Å². The van der Waals surface area contributed by atoms with Gasteiger partial charge in [0.2, 0.25) is 0 Å². The second-order valence-corrected chi connectivity index (χ2v) is 8.41. The average molecular weight is 245 g/mol. The van der Waals surface area contributed by atoms with Crippen molar-refractivity contribution >= 4 is 0 Å². The van der Waals surface area contributed by atoms with E-state index in [4.69, 9.17) is 0 Å². The monoisotopic (exact) mass is 245 g/mol. The molecule has 1 radical (unpaired) electrons. The molecular weight excluding hydrogens is 216 g/mol. The summed E-state index contributed by atoms with van der Waals surface area (Å²) < 4.78 is 0. The van der Waals surface area contributed by atoms with Crippen molar-refractivity contribution in [1.29, 1.82) is 0 Å². The third-order valence-corrected chi connectivity index (χ3v) is 3.31. The average Bonchev–Trinajstić information content (AvgIpc) is 2.12. The minimum absolute atomic E-state index is 0.143. The van der Waals surface area contributed by atoms with E-state index in [-0.39, 0.29) is 16.2 Å². The molecule has 18 heavy (non-hydrogen) atoms. The van der Waals surface area contributed by atoms with Gasteiger partial charge in [-0.25, -0.2) is 0 Å². The van der Waals surface area contributed by atoms with Crippen LogP contribution in [0.5, 0.6) is 0 Å². The lowest BCUT2D eigenvalue weighted by Crippen LogP contribution is -2.24. The predicted octanol–water partition coefficient (Wildman–Crippen LogP) is 5.38. The van der Waals surface area contributed by atoms with Crippen molar-refractivity contribution in [3.05, 3.63) is 34.9 Å². The molecule has 1 rings (SSSR count). The first-order valence-corrected chi connectivity index (χ1v) is 6.91. The topological polar surface area (TPSA) is 0 Å². The van der Waals surface area contributed by atoms with Crippen molar-refractivity contribution in [3.63, 3.8) is 0 Å². The zero-order chi connectivity index (χ0) is 14.4. The molecule has 1 aromatic carbocycles. The lowest BCUT2D eigenvalue weighted by Gasteiger charge is -2.32. The van der Waals surface area contributed by atoms with E-state index in [2.05, 4.69) is 80.5 Å². The summed E-state index contributed by atoms with van der Waals surface area (Å²) in [6.45, 7) is 20.4. The van der Waals surface area contributed by atoms with Crippen LogP contribution in [0, 0.1) is 6.07 Å². The third-order valence-electron chi connectivity index (χ3n) is 3.31. The number of hydrogen-bond acceptors (Lipinski definition) is 0. The quantitative estimate of drug-likeness (QED) is 0.575. The molecule has 0 fully saturated rings. The van der Waals surface area contributed by atoms with Crippen LogP contribution in [0.15, 0.2) is 12.1 Å². The lowest BCUT2D eigenvalue weighted by atomic mass is 9.73. The van der Waals surface area contributed by atoms with Crippen LogP contribution in [0.3, 0.4) is 0 Å². The summed E-state index contributed by atoms with van der Waals surface area (Å²) in [6, 6.07) is 8.25. The van der Waals surface area contributed by atoms with E-state index in [1.54, 1.807) is 0 Å². The molecule has 0 nitrogen and oxygen atoms in total. The van der Waals surface area contributed by atoms with Crippen LogP contribution in [0.1, 0.15) is 79.0 Å². The van der Waals surface area contributed by atoms with Gasteiger partial charge in [0.25, 0.3) is 0 Å². The Morgan fingerprint density at radius 2 is 1.17 bits per heavy atom. The fourth-order valence-electron chi connectivity index (χ4n) is 2.15. The first-order chi connectivity index (χ1) is 7.83. The smallest absolute Gasteiger partial charge is 0.0100 e. The number of rotatable bonds is 0. The second kappa shape index (κ2) is 4.40. The summed E-state index contributed by atoms with van der Waals surface area (Å²) in [4.78, 5) is 0. The van der Waals surface area contributed by atoms with Gasteiger partial charge in [0.1, 0.15) is 0 Å². The first kappa shape index (κ1) is 15.3. The fourth-order valence-corrected chi connectivity index (χ4v) is 2.15. The minimum atomic E-state index is 0.143. The Balaban J connectivity index is 3.50. The molecule has 0 spiro atoms. The van der Waals surface area contributed by atoms with Gasteiger partial charge in [-0.05, 0) is 39.0 Å². The van der Waals surface area contributed by atoms with Gasteiger partial charge >= 0.3 is 0 Å². The summed E-state index contributed by atoms with van der Waals surface area (Å²) in [7, 11) is 0. The van der Waals surface area contributed by atoms with Crippen molar-refractivity contribution < 1.29 is 0 Å². The van der Waals surface area contributed by atoms with Crippen molar-refractivity contribution in [2.75, 3.05) is 0 Å². The van der Waals surface area contributed by atoms with E-state index >= 15 is 0 Å². The highest BCUT2D eigenvalue weighted by Crippen LogP contribution is 2.36. The van der Waals surface area contributed by atoms with E-state index < -0.39 is 0 Å². The Bertz CT molecular complexity index is 417. The molecule has 101 valence electrons. The van der Waals surface area contributed by atoms with Crippen LogP contribution >= 0.6 is 0 Å². The number of hydrogen-bond donors (Lipinski definition) is 0. The normalized spacial score (nSPS) is 13.8. The summed E-state index contributed by atoms with van der Waals surface area (Å²) in [5, 5.41) is 0. The van der Waals surface area contributed by atoms with Gasteiger partial charge in [-0.1, -0.05) is 74.4 Å². The third kappa shape index (κ3) is 3.37. The van der Waals surface area contributed by atoms with Crippen molar-refractivity contribution in [2.24, 2.45) is 0 Å². The van der Waals surface area contributed by atoms with Crippen molar-refractivity contribution in [2.45, 2.75) is 78.6 Å². The fraction of sp³-hybridized carbons (Fsp3) is 0.667. The molecule has 0 saturated heterocycles. The Hall–Kier alpha value is -0.780. The molecule has 0 aliphatic rings. The summed E-state index contributed by atoms with van der Waals surface area (Å²) >= 11 is 0. The van der Waals surface area contributed by atoms with Crippen LogP contribution in [-0.4, -0.2) is 0 Å². The maximum absolute atomic E-state index is 3.70. The minimum Gasteiger partial charge on any atom is -0.0579 e. The van der Waals surface area contributed by atoms with E-state index in [1.807, 2.05) is 0 Å². The Labute approximate surface area is 114 Å². The molecule has 0 heteroatoms. The van der Waals surface area contributed by atoms with Crippen LogP contribution in [0.25, 0.3) is 0 Å². The maximum atomic E-state index is 3.70. The Morgan fingerprint density at radius 3 is 1.50 bits per heavy atom. The van der Waals surface area contributed by atoms with Gasteiger partial charge in [0, 0.05) is 0 Å². The van der Waals surface area contributed by atoms with Gasteiger partial charge < -0.3 is 0 Å². The molecule has 1 aromatic rings. The molecule has 0 amide bonds. The van der Waals surface area contributed by atoms with Crippen LogP contribution < -0.4 is 0 Å². The van der Waals surface area contributed by atoms with Gasteiger partial charge in [-0.3, -0.25) is 0 Å².